The van der Waals surface area contributed by atoms with E-state index in [1.54, 1.807) is 4.90 Å². The fraction of sp³-hybridized carbons (Fsp3) is 0.929. The number of nitrogens with two attached hydrogens (primary N) is 1. The van der Waals surface area contributed by atoms with Crippen molar-refractivity contribution in [3.63, 3.8) is 0 Å². The molecule has 0 bridgehead atoms. The first-order chi connectivity index (χ1) is 8.67. The minimum absolute atomic E-state index is 0.0246. The van der Waals surface area contributed by atoms with E-state index in [2.05, 4.69) is 6.92 Å². The highest BCUT2D eigenvalue weighted by Gasteiger charge is 2.34. The molecule has 1 saturated carbocycles. The predicted octanol–water partition coefficient (Wildman–Crippen LogP) is 1.52. The van der Waals surface area contributed by atoms with Crippen LogP contribution in [0.1, 0.15) is 51.9 Å². The van der Waals surface area contributed by atoms with Crippen molar-refractivity contribution in [3.8, 4) is 0 Å². The van der Waals surface area contributed by atoms with Crippen LogP contribution in [-0.2, 0) is 4.79 Å². The third-order valence-electron chi connectivity index (χ3n) is 4.09. The second-order valence-electron chi connectivity index (χ2n) is 5.55. The molecule has 1 rings (SSSR count). The molecule has 0 aromatic rings. The lowest BCUT2D eigenvalue weighted by Crippen LogP contribution is -2.41. The van der Waals surface area contributed by atoms with E-state index in [1.165, 1.54) is 19.3 Å². The number of aliphatic hydroxyl groups excluding tert-OH is 1. The number of amides is 1. The van der Waals surface area contributed by atoms with E-state index in [-0.39, 0.29) is 17.9 Å². The van der Waals surface area contributed by atoms with Gasteiger partial charge in [0.25, 0.3) is 0 Å². The molecule has 106 valence electrons. The highest BCUT2D eigenvalue weighted by atomic mass is 16.3. The van der Waals surface area contributed by atoms with Crippen molar-refractivity contribution in [2.75, 3.05) is 26.2 Å². The SMILES string of the molecule is CCCN(CCO)C(=O)CC1(CN)CCCCC1. The van der Waals surface area contributed by atoms with Gasteiger partial charge in [-0.05, 0) is 31.2 Å². The van der Waals surface area contributed by atoms with Crippen LogP contribution in [0.4, 0.5) is 0 Å². The van der Waals surface area contributed by atoms with Gasteiger partial charge in [0.2, 0.25) is 5.91 Å². The van der Waals surface area contributed by atoms with Crippen LogP contribution in [0, 0.1) is 5.41 Å². The summed E-state index contributed by atoms with van der Waals surface area (Å²) >= 11 is 0. The summed E-state index contributed by atoms with van der Waals surface area (Å²) in [5.74, 6) is 0.165. The molecule has 0 spiro atoms. The van der Waals surface area contributed by atoms with E-state index in [0.29, 0.717) is 19.5 Å². The van der Waals surface area contributed by atoms with Crippen LogP contribution in [-0.4, -0.2) is 42.2 Å². The molecular formula is C14H28N2O2. The van der Waals surface area contributed by atoms with Gasteiger partial charge in [0, 0.05) is 19.5 Å². The second-order valence-corrected chi connectivity index (χ2v) is 5.55. The highest BCUT2D eigenvalue weighted by molar-refractivity contribution is 5.77. The lowest BCUT2D eigenvalue weighted by molar-refractivity contribution is -0.134. The molecule has 3 N–H and O–H groups in total. The number of aliphatic hydroxyl groups is 1. The molecule has 0 atom stereocenters. The zero-order valence-corrected chi connectivity index (χ0v) is 11.7. The molecule has 1 aliphatic carbocycles. The van der Waals surface area contributed by atoms with Crippen molar-refractivity contribution < 1.29 is 9.90 Å². The van der Waals surface area contributed by atoms with Gasteiger partial charge in [-0.15, -0.1) is 0 Å². The smallest absolute Gasteiger partial charge is 0.223 e. The summed E-state index contributed by atoms with van der Waals surface area (Å²) in [5, 5.41) is 9.02. The minimum atomic E-state index is 0.0246. The predicted molar refractivity (Wildman–Crippen MR) is 73.1 cm³/mol. The topological polar surface area (TPSA) is 66.6 Å². The number of carbonyl (C=O) groups is 1. The van der Waals surface area contributed by atoms with Crippen molar-refractivity contribution in [3.05, 3.63) is 0 Å². The van der Waals surface area contributed by atoms with Gasteiger partial charge in [0.15, 0.2) is 0 Å². The molecule has 0 radical (unpaired) electrons. The standard InChI is InChI=1S/C14H28N2O2/c1-2-8-16(9-10-17)13(18)11-14(12-15)6-4-3-5-7-14/h17H,2-12,15H2,1H3. The normalized spacial score (nSPS) is 18.6. The van der Waals surface area contributed by atoms with E-state index in [1.807, 2.05) is 0 Å². The van der Waals surface area contributed by atoms with E-state index >= 15 is 0 Å². The molecule has 0 aromatic carbocycles. The average Bonchev–Trinajstić information content (AvgIpc) is 2.39. The van der Waals surface area contributed by atoms with Crippen LogP contribution in [0.2, 0.25) is 0 Å². The Hall–Kier alpha value is -0.610. The van der Waals surface area contributed by atoms with Gasteiger partial charge in [-0.1, -0.05) is 26.2 Å². The largest absolute Gasteiger partial charge is 0.395 e. The van der Waals surface area contributed by atoms with Crippen LogP contribution < -0.4 is 5.73 Å². The van der Waals surface area contributed by atoms with Crippen LogP contribution in [0.5, 0.6) is 0 Å². The molecular weight excluding hydrogens is 228 g/mol. The first kappa shape index (κ1) is 15.4. The Labute approximate surface area is 111 Å². The summed E-state index contributed by atoms with van der Waals surface area (Å²) in [6, 6.07) is 0. The van der Waals surface area contributed by atoms with Crippen molar-refractivity contribution in [1.29, 1.82) is 0 Å². The summed E-state index contributed by atoms with van der Waals surface area (Å²) in [5.41, 5.74) is 5.94. The Balaban J connectivity index is 2.58. The van der Waals surface area contributed by atoms with Crippen LogP contribution in [0.3, 0.4) is 0 Å². The summed E-state index contributed by atoms with van der Waals surface area (Å²) in [6.45, 7) is 3.89. The van der Waals surface area contributed by atoms with E-state index < -0.39 is 0 Å². The summed E-state index contributed by atoms with van der Waals surface area (Å²) < 4.78 is 0. The van der Waals surface area contributed by atoms with Gasteiger partial charge >= 0.3 is 0 Å². The zero-order chi connectivity index (χ0) is 13.4. The Morgan fingerprint density at radius 1 is 1.28 bits per heavy atom. The first-order valence-corrected chi connectivity index (χ1v) is 7.26. The summed E-state index contributed by atoms with van der Waals surface area (Å²) in [7, 11) is 0. The number of carbonyl (C=O) groups excluding carboxylic acids is 1. The summed E-state index contributed by atoms with van der Waals surface area (Å²) in [6.07, 6.45) is 7.30. The highest BCUT2D eigenvalue weighted by Crippen LogP contribution is 2.38. The molecule has 4 heteroatoms. The van der Waals surface area contributed by atoms with Crippen LogP contribution in [0.25, 0.3) is 0 Å². The van der Waals surface area contributed by atoms with Gasteiger partial charge in [-0.2, -0.15) is 0 Å². The second kappa shape index (κ2) is 7.74. The molecule has 0 aliphatic heterocycles. The van der Waals surface area contributed by atoms with Crippen molar-refractivity contribution in [1.82, 2.24) is 4.90 Å². The van der Waals surface area contributed by atoms with Gasteiger partial charge in [-0.25, -0.2) is 0 Å². The Morgan fingerprint density at radius 2 is 1.94 bits per heavy atom. The third kappa shape index (κ3) is 4.25. The molecule has 1 aliphatic rings. The van der Waals surface area contributed by atoms with Crippen molar-refractivity contribution in [2.24, 2.45) is 11.1 Å². The maximum atomic E-state index is 12.3. The molecule has 0 heterocycles. The quantitative estimate of drug-likeness (QED) is 0.725. The Morgan fingerprint density at radius 3 is 2.44 bits per heavy atom. The number of rotatable bonds is 7. The molecule has 0 aromatic heterocycles. The molecule has 1 fully saturated rings. The first-order valence-electron chi connectivity index (χ1n) is 7.26. The van der Waals surface area contributed by atoms with Crippen LogP contribution >= 0.6 is 0 Å². The fourth-order valence-corrected chi connectivity index (χ4v) is 2.94. The van der Waals surface area contributed by atoms with Gasteiger partial charge < -0.3 is 15.7 Å². The zero-order valence-electron chi connectivity index (χ0n) is 11.7. The molecule has 1 amide bonds. The maximum absolute atomic E-state index is 12.3. The van der Waals surface area contributed by atoms with Crippen molar-refractivity contribution >= 4 is 5.91 Å². The maximum Gasteiger partial charge on any atom is 0.223 e. The monoisotopic (exact) mass is 256 g/mol. The van der Waals surface area contributed by atoms with E-state index in [0.717, 1.165) is 25.8 Å². The molecule has 0 unspecified atom stereocenters. The number of nitrogens with zero attached hydrogens (tertiary/aromatic N) is 1. The van der Waals surface area contributed by atoms with Gasteiger partial charge in [0.05, 0.1) is 6.61 Å². The van der Waals surface area contributed by atoms with E-state index in [9.17, 15) is 4.79 Å². The lowest BCUT2D eigenvalue weighted by atomic mass is 9.71. The number of hydrogen-bond acceptors (Lipinski definition) is 3. The minimum Gasteiger partial charge on any atom is -0.395 e. The Bertz CT molecular complexity index is 244. The average molecular weight is 256 g/mol. The lowest BCUT2D eigenvalue weighted by Gasteiger charge is -2.37. The fourth-order valence-electron chi connectivity index (χ4n) is 2.94. The van der Waals surface area contributed by atoms with Gasteiger partial charge in [-0.3, -0.25) is 4.79 Å². The molecule has 18 heavy (non-hydrogen) atoms. The number of hydrogen-bond donors (Lipinski definition) is 2. The third-order valence-corrected chi connectivity index (χ3v) is 4.09. The molecule has 4 nitrogen and oxygen atoms in total. The Kier molecular flexibility index (Phi) is 6.65. The summed E-state index contributed by atoms with van der Waals surface area (Å²) in [4.78, 5) is 14.1. The van der Waals surface area contributed by atoms with E-state index in [4.69, 9.17) is 10.8 Å². The van der Waals surface area contributed by atoms with Crippen LogP contribution in [0.15, 0.2) is 0 Å². The molecule has 0 saturated heterocycles. The van der Waals surface area contributed by atoms with Crippen molar-refractivity contribution in [2.45, 2.75) is 51.9 Å². The van der Waals surface area contributed by atoms with Gasteiger partial charge in [0.1, 0.15) is 0 Å².